The number of aliphatic hydroxyl groups excluding tert-OH is 1. The average Bonchev–Trinajstić information content (AvgIpc) is 3.75. The summed E-state index contributed by atoms with van der Waals surface area (Å²) in [6.07, 6.45) is 5.22. The Labute approximate surface area is 239 Å². The first-order valence-corrected chi connectivity index (χ1v) is 15.1. The number of carbonyl (C=O) groups excluding carboxylic acids is 1. The van der Waals surface area contributed by atoms with Crippen LogP contribution >= 0.6 is 0 Å². The summed E-state index contributed by atoms with van der Waals surface area (Å²) in [6, 6.07) is 12.8. The van der Waals surface area contributed by atoms with Gasteiger partial charge in [-0.25, -0.2) is 4.98 Å². The fourth-order valence-electron chi connectivity index (χ4n) is 7.35. The summed E-state index contributed by atoms with van der Waals surface area (Å²) in [5.41, 5.74) is 12.3. The predicted molar refractivity (Wildman–Crippen MR) is 159 cm³/mol. The molecule has 4 aromatic rings. The molecule has 3 fully saturated rings. The molecule has 0 bridgehead atoms. The van der Waals surface area contributed by atoms with Gasteiger partial charge in [0.15, 0.2) is 5.82 Å². The summed E-state index contributed by atoms with van der Waals surface area (Å²) in [6.45, 7) is 5.17. The zero-order chi connectivity index (χ0) is 27.9. The van der Waals surface area contributed by atoms with Crippen molar-refractivity contribution in [3.05, 3.63) is 42.0 Å². The summed E-state index contributed by atoms with van der Waals surface area (Å²) < 4.78 is 10.7. The zero-order valence-electron chi connectivity index (χ0n) is 23.7. The monoisotopic (exact) mass is 554 g/mol. The maximum Gasteiger partial charge on any atom is 0.254 e. The van der Waals surface area contributed by atoms with Gasteiger partial charge < -0.3 is 34.5 Å². The molecule has 2 aliphatic heterocycles. The first-order valence-electron chi connectivity index (χ1n) is 15.1. The molecule has 4 aliphatic rings. The number of fused-ring (bicyclic) bond motifs is 1. The van der Waals surface area contributed by atoms with Gasteiger partial charge in [-0.3, -0.25) is 4.79 Å². The number of aromatic nitrogens is 3. The highest BCUT2D eigenvalue weighted by molar-refractivity contribution is 6.01. The van der Waals surface area contributed by atoms with Crippen LogP contribution in [0.5, 0.6) is 5.75 Å². The van der Waals surface area contributed by atoms with Gasteiger partial charge in [-0.05, 0) is 62.3 Å². The van der Waals surface area contributed by atoms with Gasteiger partial charge in [0.2, 0.25) is 0 Å². The molecule has 4 heterocycles. The summed E-state index contributed by atoms with van der Waals surface area (Å²) >= 11 is 0. The lowest BCUT2D eigenvalue weighted by Crippen LogP contribution is -2.33. The second-order valence-electron chi connectivity index (χ2n) is 12.6. The Hall–Kier alpha value is -3.56. The van der Waals surface area contributed by atoms with Crippen LogP contribution in [0.3, 0.4) is 0 Å². The van der Waals surface area contributed by atoms with E-state index < -0.39 is 0 Å². The van der Waals surface area contributed by atoms with E-state index >= 15 is 0 Å². The third kappa shape index (κ3) is 3.96. The summed E-state index contributed by atoms with van der Waals surface area (Å²) in [7, 11) is 1.69. The molecule has 9 nitrogen and oxygen atoms in total. The maximum atomic E-state index is 13.7. The van der Waals surface area contributed by atoms with E-state index in [0.717, 1.165) is 81.1 Å². The molecule has 2 saturated carbocycles. The van der Waals surface area contributed by atoms with Crippen LogP contribution in [0.1, 0.15) is 42.5 Å². The molecule has 2 unspecified atom stereocenters. The Morgan fingerprint density at radius 1 is 1.17 bits per heavy atom. The van der Waals surface area contributed by atoms with Crippen molar-refractivity contribution in [1.82, 2.24) is 19.0 Å². The zero-order valence-corrected chi connectivity index (χ0v) is 23.7. The average molecular weight is 555 g/mol. The van der Waals surface area contributed by atoms with E-state index in [1.807, 2.05) is 17.0 Å². The van der Waals surface area contributed by atoms with Crippen molar-refractivity contribution in [2.75, 3.05) is 44.8 Å². The van der Waals surface area contributed by atoms with Crippen molar-refractivity contribution in [1.29, 1.82) is 0 Å². The van der Waals surface area contributed by atoms with E-state index in [-0.39, 0.29) is 24.0 Å². The van der Waals surface area contributed by atoms with Crippen LogP contribution in [0.4, 0.5) is 5.69 Å². The number of nitrogens with zero attached hydrogens (tertiary/aromatic N) is 5. The second kappa shape index (κ2) is 9.22. The number of rotatable bonds is 8. The number of amides is 1. The van der Waals surface area contributed by atoms with Crippen molar-refractivity contribution >= 4 is 33.5 Å². The topological polar surface area (TPSA) is 102 Å². The fraction of sp³-hybridized carbons (Fsp3) is 0.500. The highest BCUT2D eigenvalue weighted by Gasteiger charge is 2.56. The maximum absolute atomic E-state index is 13.7. The molecule has 41 heavy (non-hydrogen) atoms. The van der Waals surface area contributed by atoms with Crippen molar-refractivity contribution < 1.29 is 14.6 Å². The Morgan fingerprint density at radius 3 is 2.76 bits per heavy atom. The molecule has 2 aromatic heterocycles. The Bertz CT molecular complexity index is 1690. The van der Waals surface area contributed by atoms with Crippen LogP contribution in [0.15, 0.2) is 36.4 Å². The lowest BCUT2D eigenvalue weighted by atomic mass is 10.1. The number of hydrogen-bond acceptors (Lipinski definition) is 6. The smallest absolute Gasteiger partial charge is 0.254 e. The molecular weight excluding hydrogens is 516 g/mol. The van der Waals surface area contributed by atoms with Gasteiger partial charge in [-0.1, -0.05) is 12.1 Å². The van der Waals surface area contributed by atoms with Crippen LogP contribution in [0, 0.1) is 11.3 Å². The largest absolute Gasteiger partial charge is 0.494 e. The minimum absolute atomic E-state index is 0.0376. The molecule has 1 spiro atoms. The van der Waals surface area contributed by atoms with Crippen molar-refractivity contribution in [2.24, 2.45) is 17.1 Å². The number of aliphatic hydroxyl groups is 1. The first-order chi connectivity index (χ1) is 20.0. The molecule has 2 atom stereocenters. The second-order valence-corrected chi connectivity index (χ2v) is 12.6. The lowest BCUT2D eigenvalue weighted by molar-refractivity contribution is 0.0784. The molecule has 3 N–H and O–H groups in total. The van der Waals surface area contributed by atoms with E-state index in [4.69, 9.17) is 15.5 Å². The van der Waals surface area contributed by atoms with E-state index in [2.05, 4.69) is 38.3 Å². The van der Waals surface area contributed by atoms with Crippen molar-refractivity contribution in [3.63, 3.8) is 0 Å². The molecule has 1 saturated heterocycles. The van der Waals surface area contributed by atoms with Crippen molar-refractivity contribution in [3.8, 4) is 17.3 Å². The number of benzene rings is 2. The number of methoxy groups -OCH3 is 1. The summed E-state index contributed by atoms with van der Waals surface area (Å²) in [5, 5.41) is 10.6. The highest BCUT2D eigenvalue weighted by Crippen LogP contribution is 2.52. The van der Waals surface area contributed by atoms with Gasteiger partial charge in [0.1, 0.15) is 11.3 Å². The van der Waals surface area contributed by atoms with Crippen LogP contribution in [0.25, 0.3) is 33.5 Å². The summed E-state index contributed by atoms with van der Waals surface area (Å²) in [5.74, 6) is 2.31. The number of hydrogen-bond donors (Lipinski definition) is 2. The van der Waals surface area contributed by atoms with Gasteiger partial charge in [0, 0.05) is 68.3 Å². The molecule has 2 aromatic carbocycles. The lowest BCUT2D eigenvalue weighted by Gasteiger charge is -2.31. The highest BCUT2D eigenvalue weighted by atomic mass is 16.5. The Morgan fingerprint density at radius 2 is 2.02 bits per heavy atom. The minimum atomic E-state index is 0.0376. The van der Waals surface area contributed by atoms with Crippen LogP contribution in [0.2, 0.25) is 0 Å². The van der Waals surface area contributed by atoms with E-state index in [1.54, 1.807) is 7.11 Å². The van der Waals surface area contributed by atoms with Crippen LogP contribution < -0.4 is 15.4 Å². The van der Waals surface area contributed by atoms with Gasteiger partial charge in [0.25, 0.3) is 5.91 Å². The quantitative estimate of drug-likeness (QED) is 0.343. The predicted octanol–water partition coefficient (Wildman–Crippen LogP) is 3.84. The molecule has 2 aliphatic carbocycles. The third-order valence-corrected chi connectivity index (χ3v) is 9.99. The van der Waals surface area contributed by atoms with Crippen LogP contribution in [-0.2, 0) is 13.1 Å². The van der Waals surface area contributed by atoms with Crippen LogP contribution in [-0.4, -0.2) is 76.0 Å². The SMILES string of the molecule is COc1cc(C(=O)N2CCC3(CC3N)C2)cc2nc(-c3cc4cccc5c4n3CCN5CCCO)n(CC3CC3)c12. The van der Waals surface area contributed by atoms with E-state index in [1.165, 1.54) is 29.4 Å². The number of imidazole rings is 1. The van der Waals surface area contributed by atoms with Gasteiger partial charge in [0.05, 0.1) is 29.5 Å². The standard InChI is InChI=1S/C32H38N6O3/c1-41-26-16-22(31(40)36-10-8-32(19-36)17-27(32)33)14-23-29(26)38(18-20-6-7-20)30(34-23)25-15-21-4-2-5-24-28(21)37(25)12-11-35(24)9-3-13-39/h2,4-5,14-16,20,27,39H,3,6-13,17-19,33H2,1H3. The Balaban J connectivity index is 1.24. The minimum Gasteiger partial charge on any atom is -0.494 e. The first kappa shape index (κ1) is 25.2. The van der Waals surface area contributed by atoms with Crippen molar-refractivity contribution in [2.45, 2.75) is 51.2 Å². The molecular formula is C32H38N6O3. The Kier molecular flexibility index (Phi) is 5.66. The summed E-state index contributed by atoms with van der Waals surface area (Å²) in [4.78, 5) is 23.3. The van der Waals surface area contributed by atoms with Gasteiger partial charge in [-0.2, -0.15) is 0 Å². The number of carbonyl (C=O) groups is 1. The normalized spacial score (nSPS) is 23.3. The number of anilines is 1. The third-order valence-electron chi connectivity index (χ3n) is 9.99. The molecule has 1 amide bonds. The number of nitrogens with two attached hydrogens (primary N) is 1. The molecule has 0 radical (unpaired) electrons. The van der Waals surface area contributed by atoms with E-state index in [9.17, 15) is 9.90 Å². The fourth-order valence-corrected chi connectivity index (χ4v) is 7.35. The van der Waals surface area contributed by atoms with Gasteiger partial charge >= 0.3 is 0 Å². The number of ether oxygens (including phenoxy) is 1. The molecule has 8 rings (SSSR count). The molecule has 9 heteroatoms. The number of likely N-dealkylation sites (tertiary alicyclic amines) is 1. The van der Waals surface area contributed by atoms with Gasteiger partial charge in [-0.15, -0.1) is 0 Å². The van der Waals surface area contributed by atoms with E-state index in [0.29, 0.717) is 17.2 Å². The number of para-hydroxylation sites is 1. The molecule has 214 valence electrons.